The Hall–Kier alpha value is -2.40. The van der Waals surface area contributed by atoms with E-state index in [1.165, 1.54) is 12.8 Å². The quantitative estimate of drug-likeness (QED) is 0.317. The van der Waals surface area contributed by atoms with Gasteiger partial charge in [-0.1, -0.05) is 12.8 Å². The average Bonchev–Trinajstić information content (AvgIpc) is 3.43. The SMILES string of the molecule is Cc1nc(NCCC2CC2)nc(N[C@@H]2C[C@H](C(C)(C)O)[C@@H](O)[C@H]2O)c1-c1nc2c(C)nccc2s1. The Morgan fingerprint density at radius 1 is 1.09 bits per heavy atom. The second kappa shape index (κ2) is 9.24. The lowest BCUT2D eigenvalue weighted by molar-refractivity contribution is -0.0601. The zero-order chi connectivity index (χ0) is 24.9. The molecule has 0 aromatic carbocycles. The van der Waals surface area contributed by atoms with E-state index in [1.807, 2.05) is 19.9 Å². The molecule has 0 spiro atoms. The van der Waals surface area contributed by atoms with Gasteiger partial charge in [0.1, 0.15) is 22.4 Å². The number of thiazole rings is 1. The van der Waals surface area contributed by atoms with Crippen LogP contribution in [0.5, 0.6) is 0 Å². The van der Waals surface area contributed by atoms with Crippen LogP contribution in [0.25, 0.3) is 20.8 Å². The molecular formula is C25H34N6O3S. The van der Waals surface area contributed by atoms with Gasteiger partial charge in [0, 0.05) is 18.7 Å². The first-order valence-electron chi connectivity index (χ1n) is 12.3. The smallest absolute Gasteiger partial charge is 0.224 e. The van der Waals surface area contributed by atoms with Gasteiger partial charge in [-0.15, -0.1) is 11.3 Å². The van der Waals surface area contributed by atoms with E-state index in [1.54, 1.807) is 31.4 Å². The molecule has 3 heterocycles. The van der Waals surface area contributed by atoms with Crippen LogP contribution < -0.4 is 10.6 Å². The lowest BCUT2D eigenvalue weighted by Crippen LogP contribution is -2.40. The molecule has 2 fully saturated rings. The number of aryl methyl sites for hydroxylation is 2. The van der Waals surface area contributed by atoms with Crippen molar-refractivity contribution in [1.82, 2.24) is 19.9 Å². The molecule has 0 aliphatic heterocycles. The Bertz CT molecular complexity index is 1220. The summed E-state index contributed by atoms with van der Waals surface area (Å²) in [6, 6.07) is 1.47. The van der Waals surface area contributed by atoms with Crippen molar-refractivity contribution in [3.63, 3.8) is 0 Å². The summed E-state index contributed by atoms with van der Waals surface area (Å²) in [4.78, 5) is 18.7. The van der Waals surface area contributed by atoms with Gasteiger partial charge < -0.3 is 26.0 Å². The fourth-order valence-electron chi connectivity index (χ4n) is 4.95. The highest BCUT2D eigenvalue weighted by atomic mass is 32.1. The predicted octanol–water partition coefficient (Wildman–Crippen LogP) is 3.27. The van der Waals surface area contributed by atoms with Gasteiger partial charge in [-0.3, -0.25) is 4.98 Å². The highest BCUT2D eigenvalue weighted by molar-refractivity contribution is 7.21. The van der Waals surface area contributed by atoms with Crippen molar-refractivity contribution < 1.29 is 15.3 Å². The van der Waals surface area contributed by atoms with Gasteiger partial charge in [0.05, 0.1) is 39.4 Å². The number of nitrogens with one attached hydrogen (secondary N) is 2. The number of pyridine rings is 1. The van der Waals surface area contributed by atoms with E-state index in [9.17, 15) is 15.3 Å². The highest BCUT2D eigenvalue weighted by Gasteiger charge is 2.48. The van der Waals surface area contributed by atoms with Crippen LogP contribution >= 0.6 is 11.3 Å². The Kier molecular flexibility index (Phi) is 6.41. The number of aliphatic hydroxyl groups is 3. The molecule has 3 aromatic rings. The summed E-state index contributed by atoms with van der Waals surface area (Å²) in [5.74, 6) is 1.42. The third-order valence-corrected chi connectivity index (χ3v) is 8.28. The van der Waals surface area contributed by atoms with Gasteiger partial charge >= 0.3 is 0 Å². The molecule has 3 aromatic heterocycles. The third-order valence-electron chi connectivity index (χ3n) is 7.24. The lowest BCUT2D eigenvalue weighted by Gasteiger charge is -2.28. The Morgan fingerprint density at radius 3 is 2.51 bits per heavy atom. The summed E-state index contributed by atoms with van der Waals surface area (Å²) >= 11 is 1.55. The normalized spacial score (nSPS) is 24.8. The summed E-state index contributed by atoms with van der Waals surface area (Å²) in [6.07, 6.45) is 3.79. The van der Waals surface area contributed by atoms with E-state index < -0.39 is 29.8 Å². The maximum atomic E-state index is 10.8. The van der Waals surface area contributed by atoms with Crippen molar-refractivity contribution in [2.75, 3.05) is 17.2 Å². The summed E-state index contributed by atoms with van der Waals surface area (Å²) < 4.78 is 1.03. The second-order valence-corrected chi connectivity index (χ2v) is 11.5. The number of anilines is 2. The molecule has 10 heteroatoms. The van der Waals surface area contributed by atoms with E-state index in [0.717, 1.165) is 51.1 Å². The Labute approximate surface area is 209 Å². The maximum absolute atomic E-state index is 10.8. The van der Waals surface area contributed by atoms with Gasteiger partial charge in [-0.05, 0) is 52.5 Å². The number of aromatic nitrogens is 4. The molecule has 9 nitrogen and oxygen atoms in total. The lowest BCUT2D eigenvalue weighted by atomic mass is 9.88. The molecule has 0 saturated heterocycles. The van der Waals surface area contributed by atoms with Crippen LogP contribution in [-0.4, -0.2) is 65.7 Å². The molecule has 2 aliphatic carbocycles. The van der Waals surface area contributed by atoms with Crippen molar-refractivity contribution in [3.8, 4) is 10.6 Å². The van der Waals surface area contributed by atoms with Gasteiger partial charge in [-0.2, -0.15) is 4.98 Å². The van der Waals surface area contributed by atoms with Crippen LogP contribution in [0, 0.1) is 25.7 Å². The molecule has 2 aliphatic rings. The molecule has 2 saturated carbocycles. The Morgan fingerprint density at radius 2 is 1.86 bits per heavy atom. The van der Waals surface area contributed by atoms with Crippen LogP contribution in [0.2, 0.25) is 0 Å². The molecule has 0 bridgehead atoms. The number of fused-ring (bicyclic) bond motifs is 1. The van der Waals surface area contributed by atoms with E-state index in [4.69, 9.17) is 15.0 Å². The van der Waals surface area contributed by atoms with Crippen LogP contribution in [0.15, 0.2) is 12.3 Å². The van der Waals surface area contributed by atoms with E-state index in [0.29, 0.717) is 18.2 Å². The van der Waals surface area contributed by atoms with Crippen LogP contribution in [-0.2, 0) is 0 Å². The number of rotatable bonds is 8. The number of hydrogen-bond donors (Lipinski definition) is 5. The zero-order valence-corrected chi connectivity index (χ0v) is 21.4. The first kappa shape index (κ1) is 24.3. The van der Waals surface area contributed by atoms with Crippen LogP contribution in [0.3, 0.4) is 0 Å². The summed E-state index contributed by atoms with van der Waals surface area (Å²) in [7, 11) is 0. The van der Waals surface area contributed by atoms with Gasteiger partial charge in [-0.25, -0.2) is 9.97 Å². The second-order valence-electron chi connectivity index (χ2n) is 10.5. The summed E-state index contributed by atoms with van der Waals surface area (Å²) in [5, 5.41) is 39.4. The summed E-state index contributed by atoms with van der Waals surface area (Å²) in [6.45, 7) is 8.00. The first-order valence-corrected chi connectivity index (χ1v) is 13.1. The van der Waals surface area contributed by atoms with Crippen molar-refractivity contribution >= 4 is 33.3 Å². The fourth-order valence-corrected chi connectivity index (χ4v) is 6.06. The minimum Gasteiger partial charge on any atom is -0.390 e. The number of nitrogens with zero attached hydrogens (tertiary/aromatic N) is 4. The largest absolute Gasteiger partial charge is 0.390 e. The third kappa shape index (κ3) is 4.97. The van der Waals surface area contributed by atoms with Crippen LogP contribution in [0.4, 0.5) is 11.8 Å². The number of hydrogen-bond acceptors (Lipinski definition) is 10. The standard InChI is InChI=1S/C25H34N6O3S/c1-12-18(23-30-19-13(2)26-10-8-17(19)35-23)22(31-24(28-12)27-9-7-14-5-6-14)29-16-11-15(25(3,4)34)20(32)21(16)33/h8,10,14-16,20-21,32-34H,5-7,9,11H2,1-4H3,(H2,27,28,29,31)/t15-,16+,20+,21-/m0/s1. The zero-order valence-electron chi connectivity index (χ0n) is 20.6. The number of aliphatic hydroxyl groups excluding tert-OH is 2. The van der Waals surface area contributed by atoms with Crippen LogP contribution in [0.1, 0.15) is 50.9 Å². The van der Waals surface area contributed by atoms with Crippen molar-refractivity contribution in [3.05, 3.63) is 23.7 Å². The minimum atomic E-state index is -1.12. The minimum absolute atomic E-state index is 0.404. The van der Waals surface area contributed by atoms with Gasteiger partial charge in [0.25, 0.3) is 0 Å². The van der Waals surface area contributed by atoms with Crippen molar-refractivity contribution in [2.24, 2.45) is 11.8 Å². The Balaban J connectivity index is 1.51. The van der Waals surface area contributed by atoms with Gasteiger partial charge in [0.15, 0.2) is 0 Å². The molecule has 0 amide bonds. The maximum Gasteiger partial charge on any atom is 0.224 e. The molecular weight excluding hydrogens is 464 g/mol. The summed E-state index contributed by atoms with van der Waals surface area (Å²) in [5.41, 5.74) is 2.13. The molecule has 188 valence electrons. The fraction of sp³-hybridized carbons (Fsp3) is 0.600. The molecule has 0 radical (unpaired) electrons. The molecule has 0 unspecified atom stereocenters. The molecule has 4 atom stereocenters. The van der Waals surface area contributed by atoms with E-state index in [-0.39, 0.29) is 0 Å². The highest BCUT2D eigenvalue weighted by Crippen LogP contribution is 2.40. The predicted molar refractivity (Wildman–Crippen MR) is 138 cm³/mol. The monoisotopic (exact) mass is 498 g/mol. The molecule has 35 heavy (non-hydrogen) atoms. The van der Waals surface area contributed by atoms with E-state index >= 15 is 0 Å². The topological polar surface area (TPSA) is 136 Å². The van der Waals surface area contributed by atoms with Crippen molar-refractivity contribution in [2.45, 2.75) is 77.2 Å². The molecule has 5 rings (SSSR count). The average molecular weight is 499 g/mol. The van der Waals surface area contributed by atoms with E-state index in [2.05, 4.69) is 15.6 Å². The first-order chi connectivity index (χ1) is 16.6. The molecule has 5 N–H and O–H groups in total. The van der Waals surface area contributed by atoms with Crippen molar-refractivity contribution in [1.29, 1.82) is 0 Å². The van der Waals surface area contributed by atoms with Gasteiger partial charge in [0.2, 0.25) is 5.95 Å².